The Kier molecular flexibility index (Phi) is 5.37. The summed E-state index contributed by atoms with van der Waals surface area (Å²) >= 11 is 11.9. The molecule has 1 aromatic carbocycles. The van der Waals surface area contributed by atoms with Crippen molar-refractivity contribution in [3.8, 4) is 5.75 Å². The number of nitrogens with two attached hydrogens (primary N) is 1. The smallest absolute Gasteiger partial charge is 0.314 e. The molecule has 22 heavy (non-hydrogen) atoms. The molecule has 0 radical (unpaired) electrons. The van der Waals surface area contributed by atoms with Gasteiger partial charge in [-0.2, -0.15) is 0 Å². The largest absolute Gasteiger partial charge is 0.496 e. The average Bonchev–Trinajstić information content (AvgIpc) is 2.74. The van der Waals surface area contributed by atoms with E-state index in [-0.39, 0.29) is 5.91 Å². The Morgan fingerprint density at radius 3 is 2.32 bits per heavy atom. The molecule has 3 amide bonds. The van der Waals surface area contributed by atoms with Crippen LogP contribution in [0.1, 0.15) is 16.8 Å². The minimum absolute atomic E-state index is 0.207. The fourth-order valence-corrected chi connectivity index (χ4v) is 2.69. The zero-order valence-electron chi connectivity index (χ0n) is 12.1. The number of urea groups is 1. The molecule has 0 saturated carbocycles. The SMILES string of the molecule is COc1cc(Cl)c(Cl)cc1C(=O)N1CCCN(C(N)=O)CC1. The number of halogens is 2. The number of nitrogens with zero attached hydrogens (tertiary/aromatic N) is 2. The molecule has 0 aliphatic carbocycles. The number of carbonyl (C=O) groups is 2. The molecule has 1 heterocycles. The van der Waals surface area contributed by atoms with Crippen molar-refractivity contribution >= 4 is 35.1 Å². The topological polar surface area (TPSA) is 75.9 Å². The molecule has 1 fully saturated rings. The van der Waals surface area contributed by atoms with E-state index < -0.39 is 6.03 Å². The maximum absolute atomic E-state index is 12.7. The first-order chi connectivity index (χ1) is 10.4. The number of methoxy groups -OCH3 is 1. The van der Waals surface area contributed by atoms with Crippen LogP contribution in [0.15, 0.2) is 12.1 Å². The van der Waals surface area contributed by atoms with E-state index in [1.165, 1.54) is 24.1 Å². The molecule has 0 spiro atoms. The van der Waals surface area contributed by atoms with Crippen molar-refractivity contribution in [1.29, 1.82) is 0 Å². The number of rotatable bonds is 2. The van der Waals surface area contributed by atoms with Gasteiger partial charge in [-0.05, 0) is 12.5 Å². The van der Waals surface area contributed by atoms with Gasteiger partial charge in [-0.1, -0.05) is 23.2 Å². The zero-order chi connectivity index (χ0) is 16.3. The van der Waals surface area contributed by atoms with Crippen LogP contribution in [0.5, 0.6) is 5.75 Å². The van der Waals surface area contributed by atoms with Crippen LogP contribution in [0.25, 0.3) is 0 Å². The molecule has 0 bridgehead atoms. The average molecular weight is 346 g/mol. The van der Waals surface area contributed by atoms with Crippen molar-refractivity contribution in [1.82, 2.24) is 9.80 Å². The first-order valence-electron chi connectivity index (χ1n) is 6.80. The first kappa shape index (κ1) is 16.7. The van der Waals surface area contributed by atoms with E-state index in [2.05, 4.69) is 0 Å². The predicted molar refractivity (Wildman–Crippen MR) is 84.7 cm³/mol. The highest BCUT2D eigenvalue weighted by Crippen LogP contribution is 2.31. The molecule has 2 N–H and O–H groups in total. The molecule has 6 nitrogen and oxygen atoms in total. The maximum atomic E-state index is 12.7. The van der Waals surface area contributed by atoms with E-state index in [1.54, 1.807) is 4.90 Å². The highest BCUT2D eigenvalue weighted by Gasteiger charge is 2.24. The number of carbonyl (C=O) groups excluding carboxylic acids is 2. The van der Waals surface area contributed by atoms with Crippen LogP contribution >= 0.6 is 23.2 Å². The summed E-state index contributed by atoms with van der Waals surface area (Å²) in [6.07, 6.45) is 0.665. The van der Waals surface area contributed by atoms with Gasteiger partial charge in [-0.25, -0.2) is 4.79 Å². The number of primary amides is 1. The molecule has 1 saturated heterocycles. The number of hydrogen-bond acceptors (Lipinski definition) is 3. The summed E-state index contributed by atoms with van der Waals surface area (Å²) in [7, 11) is 1.47. The molecule has 0 aromatic heterocycles. The summed E-state index contributed by atoms with van der Waals surface area (Å²) < 4.78 is 5.21. The van der Waals surface area contributed by atoms with Gasteiger partial charge in [0.1, 0.15) is 5.75 Å². The third-order valence-corrected chi connectivity index (χ3v) is 4.29. The van der Waals surface area contributed by atoms with Crippen molar-refractivity contribution < 1.29 is 14.3 Å². The van der Waals surface area contributed by atoms with Gasteiger partial charge in [0.15, 0.2) is 0 Å². The van der Waals surface area contributed by atoms with E-state index in [1.807, 2.05) is 0 Å². The second-order valence-electron chi connectivity index (χ2n) is 4.94. The molecule has 0 unspecified atom stereocenters. The Labute approximate surface area is 138 Å². The van der Waals surface area contributed by atoms with Gasteiger partial charge in [0.2, 0.25) is 0 Å². The van der Waals surface area contributed by atoms with E-state index >= 15 is 0 Å². The Bertz CT molecular complexity index is 595. The molecule has 120 valence electrons. The Balaban J connectivity index is 2.21. The van der Waals surface area contributed by atoms with Gasteiger partial charge in [-0.15, -0.1) is 0 Å². The molecular weight excluding hydrogens is 329 g/mol. The van der Waals surface area contributed by atoms with Crippen molar-refractivity contribution in [2.75, 3.05) is 33.3 Å². The van der Waals surface area contributed by atoms with Gasteiger partial charge in [0, 0.05) is 32.2 Å². The number of amides is 3. The molecule has 0 atom stereocenters. The molecule has 1 aliphatic rings. The molecule has 2 rings (SSSR count). The highest BCUT2D eigenvalue weighted by atomic mass is 35.5. The van der Waals surface area contributed by atoms with Gasteiger partial charge in [0.05, 0.1) is 22.7 Å². The standard InChI is InChI=1S/C14H17Cl2N3O3/c1-22-12-8-11(16)10(15)7-9(12)13(20)18-3-2-4-19(6-5-18)14(17)21/h7-8H,2-6H2,1H3,(H2,17,21). The van der Waals surface area contributed by atoms with Crippen molar-refractivity contribution in [3.05, 3.63) is 27.7 Å². The third kappa shape index (κ3) is 3.56. The van der Waals surface area contributed by atoms with E-state index in [0.717, 1.165) is 0 Å². The zero-order valence-corrected chi connectivity index (χ0v) is 13.7. The number of hydrogen-bond donors (Lipinski definition) is 1. The predicted octanol–water partition coefficient (Wildman–Crippen LogP) is 2.23. The van der Waals surface area contributed by atoms with Crippen LogP contribution in [0.3, 0.4) is 0 Å². The van der Waals surface area contributed by atoms with Gasteiger partial charge in [-0.3, -0.25) is 4.79 Å². The van der Waals surface area contributed by atoms with Crippen molar-refractivity contribution in [2.45, 2.75) is 6.42 Å². The first-order valence-corrected chi connectivity index (χ1v) is 7.56. The summed E-state index contributed by atoms with van der Waals surface area (Å²) in [4.78, 5) is 27.1. The third-order valence-electron chi connectivity index (χ3n) is 3.57. The second kappa shape index (κ2) is 7.07. The monoisotopic (exact) mass is 345 g/mol. The Morgan fingerprint density at radius 2 is 1.68 bits per heavy atom. The van der Waals surface area contributed by atoms with Crippen LogP contribution in [0.4, 0.5) is 4.79 Å². The lowest BCUT2D eigenvalue weighted by molar-refractivity contribution is 0.0759. The van der Waals surface area contributed by atoms with Crippen LogP contribution in [0, 0.1) is 0 Å². The number of benzene rings is 1. The lowest BCUT2D eigenvalue weighted by Crippen LogP contribution is -2.39. The number of ether oxygens (including phenoxy) is 1. The molecule has 1 aliphatic heterocycles. The maximum Gasteiger partial charge on any atom is 0.314 e. The van der Waals surface area contributed by atoms with Crippen LogP contribution in [-0.4, -0.2) is 55.0 Å². The molecular formula is C14H17Cl2N3O3. The van der Waals surface area contributed by atoms with E-state index in [4.69, 9.17) is 33.7 Å². The van der Waals surface area contributed by atoms with Gasteiger partial charge >= 0.3 is 6.03 Å². The van der Waals surface area contributed by atoms with E-state index in [0.29, 0.717) is 54.0 Å². The van der Waals surface area contributed by atoms with Crippen molar-refractivity contribution in [3.63, 3.8) is 0 Å². The van der Waals surface area contributed by atoms with Gasteiger partial charge in [0.25, 0.3) is 5.91 Å². The normalized spacial score (nSPS) is 15.4. The minimum atomic E-state index is -0.471. The van der Waals surface area contributed by atoms with Crippen LogP contribution in [0.2, 0.25) is 10.0 Å². The Morgan fingerprint density at radius 1 is 1.09 bits per heavy atom. The molecule has 1 aromatic rings. The van der Waals surface area contributed by atoms with E-state index in [9.17, 15) is 9.59 Å². The van der Waals surface area contributed by atoms with Gasteiger partial charge < -0.3 is 20.3 Å². The lowest BCUT2D eigenvalue weighted by atomic mass is 10.1. The van der Waals surface area contributed by atoms with Crippen molar-refractivity contribution in [2.24, 2.45) is 5.73 Å². The fraction of sp³-hybridized carbons (Fsp3) is 0.429. The highest BCUT2D eigenvalue weighted by molar-refractivity contribution is 6.42. The quantitative estimate of drug-likeness (QED) is 0.892. The second-order valence-corrected chi connectivity index (χ2v) is 5.75. The van der Waals surface area contributed by atoms with Crippen LogP contribution < -0.4 is 10.5 Å². The Hall–Kier alpha value is -1.66. The van der Waals surface area contributed by atoms with Crippen LogP contribution in [-0.2, 0) is 0 Å². The lowest BCUT2D eigenvalue weighted by Gasteiger charge is -2.22. The summed E-state index contributed by atoms with van der Waals surface area (Å²) in [5.41, 5.74) is 5.63. The summed E-state index contributed by atoms with van der Waals surface area (Å²) in [5.74, 6) is 0.164. The summed E-state index contributed by atoms with van der Waals surface area (Å²) in [6.45, 7) is 1.89. The fourth-order valence-electron chi connectivity index (χ4n) is 2.38. The summed E-state index contributed by atoms with van der Waals surface area (Å²) in [5, 5.41) is 0.616. The molecule has 8 heteroatoms. The summed E-state index contributed by atoms with van der Waals surface area (Å²) in [6, 6.07) is 2.55. The minimum Gasteiger partial charge on any atom is -0.496 e.